The lowest BCUT2D eigenvalue weighted by Crippen LogP contribution is -2.23. The van der Waals surface area contributed by atoms with E-state index in [0.717, 1.165) is 28.4 Å². The molecule has 6 aromatic rings. The number of nitrogen functional groups attached to an aromatic ring is 1. The van der Waals surface area contributed by atoms with E-state index in [0.29, 0.717) is 16.4 Å². The van der Waals surface area contributed by atoms with E-state index in [1.807, 2.05) is 119 Å². The molecule has 6 aromatic carbocycles. The molecule has 0 saturated carbocycles. The van der Waals surface area contributed by atoms with Crippen molar-refractivity contribution in [1.29, 1.82) is 0 Å². The molecule has 65 heteroatoms. The Labute approximate surface area is 810 Å². The molecular formula is C63H54F19I7N8O25S6-6. The predicted octanol–water partition coefficient (Wildman–Crippen LogP) is 16.4. The van der Waals surface area contributed by atoms with Crippen molar-refractivity contribution in [3.63, 3.8) is 0 Å². The maximum Gasteiger partial charge on any atom is 0.480 e. The molecule has 33 nitrogen and oxygen atoms in total. The van der Waals surface area contributed by atoms with Crippen molar-refractivity contribution in [2.45, 2.75) is 40.0 Å². The molecule has 0 spiro atoms. The molecule has 0 atom stereocenters. The molecule has 3 N–H and O–H groups in total. The average Bonchev–Trinajstić information content (AvgIpc) is 0.894. The first-order valence-corrected chi connectivity index (χ1v) is 48.5. The molecule has 6 rings (SSSR count). The van der Waals surface area contributed by atoms with Gasteiger partial charge in [0.1, 0.15) is 17.1 Å². The van der Waals surface area contributed by atoms with Crippen molar-refractivity contribution >= 4 is 265 Å². The summed E-state index contributed by atoms with van der Waals surface area (Å²) in [5.41, 5.74) is -25.5. The molecule has 0 aliphatic rings. The second kappa shape index (κ2) is 52.6. The standard InChI is InChI=1S/C12H14F3N2O4S.C11H10F3INO4S.C10H7F4INO4S.C10H6F3I3NO4S.C10H9F3IN2O4S.C10H8F3INO5S/c1-17(2)10-5-3-9(4-6-10)11(18)21-8-7-16-22(19,20)12(13,14)15;1-7-6-8(2-3-9(7)15)10(17)20-5-4-16-21(18,19)11(12,13)14;11-6-2-1-3-7(15)8(6)9(17)20-5-4-16-21(18,19)10(12,13)14;11-10(12,13)22(19,20)17-1-2-21-9(18)6-3-5(14)4-7(15)8(6)16;11-10(12,13)21(18,19)16-3-4-20-9(17)7-5-6(14)1-2-8(7)15;11-10(12,13)21(18,19)15-3-4-20-9(17)6-1-2-7(14)8(16)5-6/h3-6H,7-8H2,1-2H3;2-3,6H,4-5H2,1H3;1-3H,4-5H2;3-4H,1-2H2;1-2,5H,3-4H2,(H2,15,17);1-2,5,16H,3-4H2/q6*-1/i5T;;;;;. The first kappa shape index (κ1) is 119. The number of esters is 6. The number of hydrogen-bond donors (Lipinski definition) is 2. The Bertz CT molecular complexity index is 5520. The SMILES string of the molecule is Cc1cc(C(=O)OCC[N-]S(=O)(=O)C(F)(F)F)ccc1I.Nc1ccc(I)cc1C(=O)OCC[N-]S(=O)(=O)C(F)(F)F.O=C(OCC[N-]S(=O)(=O)C(F)(F)F)c1c(F)cccc1I.O=C(OCC[N-]S(=O)(=O)C(F)(F)F)c1cc(I)cc(I)c1I.O=C(OCC[N-]S(=O)(=O)C(F)(F)F)c1ccc(I)c(O)c1.[3H]c1cc(C(=O)OCC[N-]S(=O)(=O)C(F)(F)F)ccc1N(C)C. The second-order valence-electron chi connectivity index (χ2n) is 22.5. The van der Waals surface area contributed by atoms with Gasteiger partial charge in [0.05, 0.1) is 72.4 Å². The summed E-state index contributed by atoms with van der Waals surface area (Å²) >= 11 is 13.5. The number of nitrogens with two attached hydrogens (primary N) is 1. The van der Waals surface area contributed by atoms with Gasteiger partial charge in [0.2, 0.25) is 0 Å². The number of benzene rings is 6. The molecular weight excluding hydrogens is 2710 g/mol. The van der Waals surface area contributed by atoms with Crippen LogP contribution in [0.1, 0.15) is 69.1 Å². The number of aryl methyl sites for hydroxylation is 1. The Balaban J connectivity index is 0.000000774. The molecule has 0 bridgehead atoms. The largest absolute Gasteiger partial charge is 0.538 e. The summed E-state index contributed by atoms with van der Waals surface area (Å²) in [7, 11) is -30.0. The van der Waals surface area contributed by atoms with E-state index >= 15 is 0 Å². The minimum Gasteiger partial charge on any atom is -0.538 e. The van der Waals surface area contributed by atoms with Gasteiger partial charge in [-0.05, 0) is 274 Å². The average molecular weight is 2770 g/mol. The van der Waals surface area contributed by atoms with E-state index in [2.05, 4.69) is 74.6 Å². The van der Waals surface area contributed by atoms with Gasteiger partial charge < -0.3 is 72.5 Å². The number of rotatable bonds is 31. The van der Waals surface area contributed by atoms with Crippen molar-refractivity contribution in [2.75, 3.05) is 104 Å². The number of ether oxygens (including phenoxy) is 6. The Morgan fingerprint density at radius 3 is 1.04 bits per heavy atom. The molecule has 0 aliphatic carbocycles. The van der Waals surface area contributed by atoms with Gasteiger partial charge in [-0.3, -0.25) is 0 Å². The van der Waals surface area contributed by atoms with Gasteiger partial charge in [-0.1, -0.05) is 6.07 Å². The van der Waals surface area contributed by atoms with Crippen LogP contribution in [-0.4, -0.2) is 217 Å². The van der Waals surface area contributed by atoms with Gasteiger partial charge >= 0.3 is 68.9 Å². The van der Waals surface area contributed by atoms with E-state index in [9.17, 15) is 168 Å². The van der Waals surface area contributed by atoms with Crippen molar-refractivity contribution in [2.24, 2.45) is 0 Å². The summed E-state index contributed by atoms with van der Waals surface area (Å²) in [6, 6.07) is 24.6. The second-order valence-corrected chi connectivity index (χ2v) is 40.8. The van der Waals surface area contributed by atoms with Gasteiger partial charge in [0, 0.05) is 46.9 Å². The Morgan fingerprint density at radius 2 is 0.703 bits per heavy atom. The zero-order chi connectivity index (χ0) is 100. The molecule has 0 heterocycles. The van der Waals surface area contributed by atoms with E-state index in [1.165, 1.54) is 60.7 Å². The fourth-order valence-corrected chi connectivity index (χ4v) is 14.0. The maximum atomic E-state index is 13.4. The third-order valence-electron chi connectivity index (χ3n) is 13.0. The maximum absolute atomic E-state index is 13.4. The number of hydrogen-bond acceptors (Lipinski definition) is 27. The molecule has 128 heavy (non-hydrogen) atoms. The highest BCUT2D eigenvalue weighted by Crippen LogP contribution is 2.34. The van der Waals surface area contributed by atoms with Crippen LogP contribution >= 0.6 is 158 Å². The van der Waals surface area contributed by atoms with E-state index < -0.39 is 214 Å². The highest BCUT2D eigenvalue weighted by Gasteiger charge is 2.43. The first-order valence-electron chi connectivity index (χ1n) is 32.8. The van der Waals surface area contributed by atoms with Gasteiger partial charge in [-0.15, -0.1) is 39.3 Å². The Kier molecular flexibility index (Phi) is 48.8. The lowest BCUT2D eigenvalue weighted by atomic mass is 10.1. The van der Waals surface area contributed by atoms with Crippen LogP contribution in [0.4, 0.5) is 94.8 Å². The van der Waals surface area contributed by atoms with Crippen molar-refractivity contribution in [3.05, 3.63) is 207 Å². The van der Waals surface area contributed by atoms with Crippen LogP contribution in [0.15, 0.2) is 109 Å². The molecule has 0 unspecified atom stereocenters. The summed E-state index contributed by atoms with van der Waals surface area (Å²) in [4.78, 5) is 71.4. The Morgan fingerprint density at radius 1 is 0.383 bits per heavy atom. The molecule has 0 saturated heterocycles. The third kappa shape index (κ3) is 41.7. The number of sulfonamides is 6. The molecule has 0 aromatic heterocycles. The molecule has 0 amide bonds. The number of anilines is 2. The lowest BCUT2D eigenvalue weighted by Gasteiger charge is -2.21. The number of aromatic hydroxyl groups is 1. The molecule has 0 fully saturated rings. The topological polar surface area (TPSA) is 497 Å². The predicted molar refractivity (Wildman–Crippen MR) is 474 cm³/mol. The van der Waals surface area contributed by atoms with E-state index in [1.54, 1.807) is 72.8 Å². The summed E-state index contributed by atoms with van der Waals surface area (Å²) in [6.07, 6.45) is 0. The smallest absolute Gasteiger partial charge is 0.480 e. The van der Waals surface area contributed by atoms with Crippen molar-refractivity contribution in [3.8, 4) is 5.75 Å². The highest BCUT2D eigenvalue weighted by atomic mass is 127. The summed E-state index contributed by atoms with van der Waals surface area (Å²) in [6.45, 7) is -6.91. The van der Waals surface area contributed by atoms with Crippen LogP contribution in [0.3, 0.4) is 0 Å². The first-order chi connectivity index (χ1) is 58.6. The lowest BCUT2D eigenvalue weighted by molar-refractivity contribution is -0.0433. The summed E-state index contributed by atoms with van der Waals surface area (Å²) in [5, 5.41) is 9.38. The van der Waals surface area contributed by atoms with Gasteiger partial charge in [-0.25, -0.2) is 83.7 Å². The van der Waals surface area contributed by atoms with Gasteiger partial charge in [0.25, 0.3) is 0 Å². The number of nitrogens with zero attached hydrogens (tertiary/aromatic N) is 7. The fourth-order valence-electron chi connectivity index (χ4n) is 7.03. The number of alkyl halides is 18. The number of halogens is 26. The zero-order valence-electron chi connectivity index (χ0n) is 64.0. The summed E-state index contributed by atoms with van der Waals surface area (Å²) in [5.74, 6) is -6.30. The normalized spacial score (nSPS) is 12.3. The summed E-state index contributed by atoms with van der Waals surface area (Å²) < 4.78 is 411. The van der Waals surface area contributed by atoms with Crippen LogP contribution < -0.4 is 10.6 Å². The minimum atomic E-state index is -5.62. The van der Waals surface area contributed by atoms with E-state index in [-0.39, 0.29) is 54.4 Å². The van der Waals surface area contributed by atoms with Crippen LogP contribution in [0.5, 0.6) is 5.75 Å². The Hall–Kier alpha value is -5.22. The number of carbonyl (C=O) groups is 6. The highest BCUT2D eigenvalue weighted by molar-refractivity contribution is 14.1. The molecule has 720 valence electrons. The quantitative estimate of drug-likeness (QED) is 0.00776. The van der Waals surface area contributed by atoms with Gasteiger partial charge in [-0.2, -0.15) is 79.0 Å². The monoisotopic (exact) mass is 2770 g/mol. The van der Waals surface area contributed by atoms with Crippen LogP contribution in [-0.2, 0) is 88.6 Å². The zero-order valence-corrected chi connectivity index (χ0v) is 83.0. The minimum absolute atomic E-state index is 0.0217. The number of phenolic OH excluding ortho intramolecular Hbond substituents is 1. The van der Waals surface area contributed by atoms with Crippen molar-refractivity contribution in [1.82, 2.24) is 0 Å². The fraction of sp³-hybridized carbons (Fsp3) is 0.333. The molecule has 0 aliphatic heterocycles. The van der Waals surface area contributed by atoms with Crippen LogP contribution in [0.2, 0.25) is 0 Å². The van der Waals surface area contributed by atoms with Crippen LogP contribution in [0, 0.1) is 37.7 Å². The van der Waals surface area contributed by atoms with Crippen molar-refractivity contribution < 1.29 is 198 Å². The number of carbonyl (C=O) groups excluding carboxylic acids is 6. The number of phenols is 1. The van der Waals surface area contributed by atoms with E-state index in [4.69, 9.17) is 11.8 Å². The van der Waals surface area contributed by atoms with Gasteiger partial charge in [0.15, 0.2) is 60.1 Å². The third-order valence-corrected chi connectivity index (χ3v) is 27.0. The van der Waals surface area contributed by atoms with Crippen LogP contribution in [0.25, 0.3) is 28.3 Å². The molecule has 0 radical (unpaired) electrons.